The number of rotatable bonds is 2. The number of hydrogen-bond donors (Lipinski definition) is 1. The number of hydrogen-bond acceptors (Lipinski definition) is 4. The van der Waals surface area contributed by atoms with Crippen LogP contribution >= 0.6 is 0 Å². The molecular weight excluding hydrogens is 222 g/mol. The van der Waals surface area contributed by atoms with E-state index < -0.39 is 17.8 Å². The molecule has 17 heavy (non-hydrogen) atoms. The zero-order chi connectivity index (χ0) is 12.6. The molecule has 4 amide bonds. The van der Waals surface area contributed by atoms with Gasteiger partial charge >= 0.3 is 17.8 Å². The molecule has 6 heteroatoms. The van der Waals surface area contributed by atoms with Crippen molar-refractivity contribution in [1.29, 1.82) is 0 Å². The SMILES string of the molecule is CN(C)c1ccccc1N1C(=O)NC(=O)C1=O. The van der Waals surface area contributed by atoms with Crippen molar-refractivity contribution >= 4 is 29.2 Å². The maximum atomic E-state index is 11.6. The summed E-state index contributed by atoms with van der Waals surface area (Å²) in [4.78, 5) is 36.8. The summed E-state index contributed by atoms with van der Waals surface area (Å²) in [6, 6.07) is 6.16. The molecule has 0 saturated carbocycles. The van der Waals surface area contributed by atoms with Crippen LogP contribution < -0.4 is 15.1 Å². The van der Waals surface area contributed by atoms with Gasteiger partial charge < -0.3 is 4.90 Å². The van der Waals surface area contributed by atoms with Crippen molar-refractivity contribution < 1.29 is 14.4 Å². The van der Waals surface area contributed by atoms with E-state index in [1.54, 1.807) is 43.3 Å². The lowest BCUT2D eigenvalue weighted by molar-refractivity contribution is -0.134. The Balaban J connectivity index is 2.51. The molecule has 6 nitrogen and oxygen atoms in total. The summed E-state index contributed by atoms with van der Waals surface area (Å²) in [7, 11) is 3.58. The third kappa shape index (κ3) is 1.73. The first-order valence-electron chi connectivity index (χ1n) is 4.98. The smallest absolute Gasteiger partial charge is 0.336 e. The molecule has 1 aromatic carbocycles. The Labute approximate surface area is 97.8 Å². The van der Waals surface area contributed by atoms with Gasteiger partial charge in [0.1, 0.15) is 0 Å². The van der Waals surface area contributed by atoms with Gasteiger partial charge in [-0.1, -0.05) is 12.1 Å². The molecule has 1 aliphatic heterocycles. The van der Waals surface area contributed by atoms with E-state index in [0.717, 1.165) is 4.90 Å². The first kappa shape index (κ1) is 11.1. The van der Waals surface area contributed by atoms with E-state index in [-0.39, 0.29) is 0 Å². The second-order valence-electron chi connectivity index (χ2n) is 3.78. The summed E-state index contributed by atoms with van der Waals surface area (Å²) in [5.74, 6) is -1.76. The number of benzene rings is 1. The maximum absolute atomic E-state index is 11.6. The molecular formula is C11H11N3O3. The van der Waals surface area contributed by atoms with E-state index in [1.807, 2.05) is 5.32 Å². The van der Waals surface area contributed by atoms with Gasteiger partial charge in [-0.2, -0.15) is 0 Å². The van der Waals surface area contributed by atoms with Crippen molar-refractivity contribution in [2.24, 2.45) is 0 Å². The van der Waals surface area contributed by atoms with Crippen LogP contribution in [-0.4, -0.2) is 31.9 Å². The highest BCUT2D eigenvalue weighted by Crippen LogP contribution is 2.29. The second-order valence-corrected chi connectivity index (χ2v) is 3.78. The third-order valence-electron chi connectivity index (χ3n) is 2.43. The van der Waals surface area contributed by atoms with Gasteiger partial charge in [0.25, 0.3) is 0 Å². The van der Waals surface area contributed by atoms with Gasteiger partial charge in [-0.05, 0) is 12.1 Å². The largest absolute Gasteiger partial charge is 0.376 e. The highest BCUT2D eigenvalue weighted by Gasteiger charge is 2.39. The van der Waals surface area contributed by atoms with Crippen molar-refractivity contribution in [2.45, 2.75) is 0 Å². The van der Waals surface area contributed by atoms with Gasteiger partial charge in [0.15, 0.2) is 0 Å². The van der Waals surface area contributed by atoms with Gasteiger partial charge in [-0.25, -0.2) is 9.69 Å². The number of imide groups is 2. The van der Waals surface area contributed by atoms with E-state index in [2.05, 4.69) is 0 Å². The molecule has 2 rings (SSSR count). The van der Waals surface area contributed by atoms with Crippen LogP contribution in [0.2, 0.25) is 0 Å². The predicted molar refractivity (Wildman–Crippen MR) is 61.8 cm³/mol. The highest BCUT2D eigenvalue weighted by atomic mass is 16.2. The molecule has 0 radical (unpaired) electrons. The van der Waals surface area contributed by atoms with Crippen molar-refractivity contribution in [2.75, 3.05) is 23.9 Å². The lowest BCUT2D eigenvalue weighted by Gasteiger charge is -2.21. The fourth-order valence-electron chi connectivity index (χ4n) is 1.65. The summed E-state index contributed by atoms with van der Waals surface area (Å²) in [6.45, 7) is 0. The number of amides is 4. The van der Waals surface area contributed by atoms with Gasteiger partial charge in [-0.15, -0.1) is 0 Å². The van der Waals surface area contributed by atoms with E-state index in [9.17, 15) is 14.4 Å². The van der Waals surface area contributed by atoms with Crippen LogP contribution in [0.3, 0.4) is 0 Å². The van der Waals surface area contributed by atoms with Gasteiger partial charge in [0, 0.05) is 14.1 Å². The monoisotopic (exact) mass is 233 g/mol. The van der Waals surface area contributed by atoms with E-state index in [1.165, 1.54) is 0 Å². The fraction of sp³-hybridized carbons (Fsp3) is 0.182. The molecule has 0 unspecified atom stereocenters. The van der Waals surface area contributed by atoms with Crippen molar-refractivity contribution in [3.63, 3.8) is 0 Å². The van der Waals surface area contributed by atoms with Crippen LogP contribution in [0.1, 0.15) is 0 Å². The third-order valence-corrected chi connectivity index (χ3v) is 2.43. The summed E-state index contributed by atoms with van der Waals surface area (Å²) < 4.78 is 0. The molecule has 1 aliphatic rings. The number of carbonyl (C=O) groups excluding carboxylic acids is 3. The maximum Gasteiger partial charge on any atom is 0.336 e. The number of anilines is 2. The Morgan fingerprint density at radius 1 is 1.12 bits per heavy atom. The van der Waals surface area contributed by atoms with Gasteiger partial charge in [0.2, 0.25) is 0 Å². The van der Waals surface area contributed by atoms with Crippen LogP contribution in [0.25, 0.3) is 0 Å². The van der Waals surface area contributed by atoms with Crippen LogP contribution in [-0.2, 0) is 9.59 Å². The minimum Gasteiger partial charge on any atom is -0.376 e. The minimum atomic E-state index is -0.899. The lowest BCUT2D eigenvalue weighted by Crippen LogP contribution is -2.32. The fourth-order valence-corrected chi connectivity index (χ4v) is 1.65. The number of carbonyl (C=O) groups is 3. The predicted octanol–water partition coefficient (Wildman–Crippen LogP) is 0.335. The van der Waals surface area contributed by atoms with Crippen LogP contribution in [0.15, 0.2) is 24.3 Å². The minimum absolute atomic E-state index is 0.394. The highest BCUT2D eigenvalue weighted by molar-refractivity contribution is 6.53. The van der Waals surface area contributed by atoms with Gasteiger partial charge in [0.05, 0.1) is 11.4 Å². The molecule has 0 atom stereocenters. The Hall–Kier alpha value is -2.37. The van der Waals surface area contributed by atoms with Crippen LogP contribution in [0, 0.1) is 0 Å². The van der Waals surface area contributed by atoms with E-state index in [0.29, 0.717) is 11.4 Å². The molecule has 1 heterocycles. The Bertz CT molecular complexity index is 510. The van der Waals surface area contributed by atoms with Crippen molar-refractivity contribution in [3.8, 4) is 0 Å². The molecule has 88 valence electrons. The zero-order valence-corrected chi connectivity index (χ0v) is 9.43. The number of urea groups is 1. The summed E-state index contributed by atoms with van der Waals surface area (Å²) in [5.41, 5.74) is 1.08. The lowest BCUT2D eigenvalue weighted by atomic mass is 10.2. The number of para-hydroxylation sites is 2. The zero-order valence-electron chi connectivity index (χ0n) is 9.43. The Morgan fingerprint density at radius 3 is 2.29 bits per heavy atom. The molecule has 1 fully saturated rings. The number of nitrogens with one attached hydrogen (secondary N) is 1. The summed E-state index contributed by atoms with van der Waals surface area (Å²) in [5, 5.41) is 1.96. The first-order chi connectivity index (χ1) is 8.02. The molecule has 0 aromatic heterocycles. The topological polar surface area (TPSA) is 69.7 Å². The number of nitrogens with zero attached hydrogens (tertiary/aromatic N) is 2. The molecule has 0 bridgehead atoms. The van der Waals surface area contributed by atoms with Crippen LogP contribution in [0.5, 0.6) is 0 Å². The average Bonchev–Trinajstić information content (AvgIpc) is 2.53. The Kier molecular flexibility index (Phi) is 2.55. The first-order valence-corrected chi connectivity index (χ1v) is 4.98. The molecule has 0 aliphatic carbocycles. The standard InChI is InChI=1S/C11H11N3O3/c1-13(2)7-5-3-4-6-8(7)14-10(16)9(15)12-11(14)17/h3-6H,1-2H3,(H,12,15,17). The van der Waals surface area contributed by atoms with Crippen molar-refractivity contribution in [3.05, 3.63) is 24.3 Å². The average molecular weight is 233 g/mol. The van der Waals surface area contributed by atoms with Crippen molar-refractivity contribution in [1.82, 2.24) is 5.32 Å². The van der Waals surface area contributed by atoms with Gasteiger partial charge in [-0.3, -0.25) is 14.9 Å². The summed E-state index contributed by atoms with van der Waals surface area (Å²) in [6.07, 6.45) is 0. The van der Waals surface area contributed by atoms with E-state index in [4.69, 9.17) is 0 Å². The summed E-state index contributed by atoms with van der Waals surface area (Å²) >= 11 is 0. The molecule has 1 saturated heterocycles. The Morgan fingerprint density at radius 2 is 1.76 bits per heavy atom. The van der Waals surface area contributed by atoms with Crippen LogP contribution in [0.4, 0.5) is 16.2 Å². The quantitative estimate of drug-likeness (QED) is 0.590. The molecule has 1 aromatic rings. The normalized spacial score (nSPS) is 15.2. The second kappa shape index (κ2) is 3.89. The molecule has 0 spiro atoms. The molecule has 1 N–H and O–H groups in total. The van der Waals surface area contributed by atoms with E-state index >= 15 is 0 Å².